The van der Waals surface area contributed by atoms with Crippen LogP contribution < -0.4 is 0 Å². The van der Waals surface area contributed by atoms with Gasteiger partial charge in [-0.15, -0.1) is 0 Å². The SMILES string of the molecule is C=C1C[C@H](/C=C/C=O)O[C@H]1CC[C@H]1C[C@@H](C)C(=C)[C@@H](C[C@@H]2O[C@H](CC(CO[Si](C)(C)C(C)(C)C)O[Si](C)(C)C(C)(C)C)[C@H](OC)[C@H]2CS(=O)(=O)c2ccccc2)O1. The van der Waals surface area contributed by atoms with E-state index in [-0.39, 0.29) is 57.2 Å². The quantitative estimate of drug-likeness (QED) is 0.0618. The largest absolute Gasteiger partial charge is 0.414 e. The maximum atomic E-state index is 14.1. The molecule has 0 aromatic heterocycles. The van der Waals surface area contributed by atoms with Crippen molar-refractivity contribution in [3.63, 3.8) is 0 Å². The molecule has 0 spiro atoms. The molecule has 1 unspecified atom stereocenters. The van der Waals surface area contributed by atoms with Gasteiger partial charge >= 0.3 is 0 Å². The summed E-state index contributed by atoms with van der Waals surface area (Å²) >= 11 is 0. The van der Waals surface area contributed by atoms with Gasteiger partial charge in [0.15, 0.2) is 26.5 Å². The Kier molecular flexibility index (Phi) is 16.2. The Balaban J connectivity index is 1.60. The molecule has 9 nitrogen and oxygen atoms in total. The molecule has 57 heavy (non-hydrogen) atoms. The summed E-state index contributed by atoms with van der Waals surface area (Å²) in [5.41, 5.74) is 2.03. The molecule has 4 rings (SSSR count). The molecule has 322 valence electrons. The third kappa shape index (κ3) is 12.4. The Hall–Kier alpha value is -1.75. The Morgan fingerprint density at radius 2 is 1.56 bits per heavy atom. The normalized spacial score (nSPS) is 30.0. The van der Waals surface area contributed by atoms with Crippen molar-refractivity contribution in [3.05, 3.63) is 66.8 Å². The minimum atomic E-state index is -3.69. The third-order valence-electron chi connectivity index (χ3n) is 13.5. The van der Waals surface area contributed by atoms with E-state index in [0.717, 1.165) is 36.7 Å². The van der Waals surface area contributed by atoms with E-state index < -0.39 is 50.7 Å². The predicted octanol–water partition coefficient (Wildman–Crippen LogP) is 9.65. The highest BCUT2D eigenvalue weighted by atomic mass is 32.2. The summed E-state index contributed by atoms with van der Waals surface area (Å²) in [7, 11) is -6.39. The van der Waals surface area contributed by atoms with Crippen LogP contribution >= 0.6 is 0 Å². The fraction of sp³-hybridized carbons (Fsp3) is 0.711. The molecular formula is C45H74O9SSi2. The van der Waals surface area contributed by atoms with Crippen LogP contribution in [-0.2, 0) is 42.4 Å². The van der Waals surface area contributed by atoms with Crippen LogP contribution in [0.5, 0.6) is 0 Å². The van der Waals surface area contributed by atoms with Gasteiger partial charge in [0.2, 0.25) is 0 Å². The lowest BCUT2D eigenvalue weighted by Gasteiger charge is -2.42. The Labute approximate surface area is 347 Å². The van der Waals surface area contributed by atoms with Gasteiger partial charge < -0.3 is 27.8 Å². The van der Waals surface area contributed by atoms with Gasteiger partial charge in [0.1, 0.15) is 6.29 Å². The highest BCUT2D eigenvalue weighted by molar-refractivity contribution is 7.91. The standard InChI is InChI=1S/C45H74O9SSi2/c1-31-25-35(22-23-39-32(2)26-34(51-39)19-18-24-46)52-40(33(31)3)28-41-38(30-55(47,48)37-20-16-15-17-21-37)43(49-10)42(53-41)27-36(54-57(13,14)45(7,8)9)29-50-56(11,12)44(4,5)6/h15-21,24,31,34-36,38-43H,2-3,22-23,25-30H2,1,4-14H3/b19-18+/t31-,34+,35+,36?,38+,39+,40-,41+,42-,43-/m1/s1. The zero-order chi connectivity index (χ0) is 42.6. The van der Waals surface area contributed by atoms with Crippen molar-refractivity contribution in [2.24, 2.45) is 11.8 Å². The molecule has 1 aromatic rings. The lowest BCUT2D eigenvalue weighted by Crippen LogP contribution is -2.49. The maximum Gasteiger partial charge on any atom is 0.192 e. The van der Waals surface area contributed by atoms with Crippen LogP contribution in [-0.4, -0.2) is 99.6 Å². The van der Waals surface area contributed by atoms with Gasteiger partial charge in [-0.25, -0.2) is 8.42 Å². The maximum absolute atomic E-state index is 14.1. The van der Waals surface area contributed by atoms with Gasteiger partial charge in [0, 0.05) is 32.3 Å². The molecule has 0 amide bonds. The number of carbonyl (C=O) groups is 1. The first-order valence-corrected chi connectivity index (χ1v) is 28.4. The predicted molar refractivity (Wildman–Crippen MR) is 234 cm³/mol. The summed E-state index contributed by atoms with van der Waals surface area (Å²) in [6.07, 6.45) is 5.86. The van der Waals surface area contributed by atoms with Crippen LogP contribution in [0.2, 0.25) is 36.3 Å². The highest BCUT2D eigenvalue weighted by Crippen LogP contribution is 2.44. The molecule has 3 aliphatic rings. The molecular weight excluding hydrogens is 773 g/mol. The fourth-order valence-electron chi connectivity index (χ4n) is 7.82. The number of rotatable bonds is 18. The van der Waals surface area contributed by atoms with Gasteiger partial charge in [-0.3, -0.25) is 4.79 Å². The molecule has 0 aliphatic carbocycles. The second-order valence-corrected chi connectivity index (χ2v) is 31.4. The van der Waals surface area contributed by atoms with E-state index in [4.69, 9.17) is 27.8 Å². The number of allylic oxidation sites excluding steroid dienone is 1. The molecule has 3 heterocycles. The zero-order valence-electron chi connectivity index (χ0n) is 37.0. The van der Waals surface area contributed by atoms with Gasteiger partial charge in [-0.1, -0.05) is 85.9 Å². The first kappa shape index (κ1) is 47.9. The number of carbonyl (C=O) groups excluding carboxylic acids is 1. The molecule has 1 aromatic carbocycles. The van der Waals surface area contributed by atoms with Crippen molar-refractivity contribution in [2.75, 3.05) is 19.5 Å². The van der Waals surface area contributed by atoms with Crippen molar-refractivity contribution in [1.29, 1.82) is 0 Å². The first-order chi connectivity index (χ1) is 26.4. The zero-order valence-corrected chi connectivity index (χ0v) is 39.9. The second-order valence-electron chi connectivity index (χ2n) is 19.8. The topological polar surface area (TPSA) is 107 Å². The van der Waals surface area contributed by atoms with Gasteiger partial charge in [0.25, 0.3) is 0 Å². The van der Waals surface area contributed by atoms with Crippen LogP contribution in [0.4, 0.5) is 0 Å². The average Bonchev–Trinajstić information content (AvgIpc) is 3.63. The van der Waals surface area contributed by atoms with Gasteiger partial charge in [0.05, 0.1) is 66.1 Å². The second kappa shape index (κ2) is 19.3. The van der Waals surface area contributed by atoms with Crippen molar-refractivity contribution in [3.8, 4) is 0 Å². The van der Waals surface area contributed by atoms with E-state index in [0.29, 0.717) is 25.9 Å². The molecule has 3 saturated heterocycles. The van der Waals surface area contributed by atoms with Crippen LogP contribution in [0.1, 0.15) is 87.0 Å². The molecule has 3 aliphatic heterocycles. The minimum absolute atomic E-state index is 0.0214. The summed E-state index contributed by atoms with van der Waals surface area (Å²) in [6, 6.07) is 8.65. The van der Waals surface area contributed by atoms with E-state index in [9.17, 15) is 13.2 Å². The third-order valence-corrected chi connectivity index (χ3v) is 24.3. The van der Waals surface area contributed by atoms with E-state index in [1.807, 2.05) is 6.07 Å². The number of hydrogen-bond donors (Lipinski definition) is 0. The van der Waals surface area contributed by atoms with Gasteiger partial charge in [-0.05, 0) is 90.8 Å². The summed E-state index contributed by atoms with van der Waals surface area (Å²) in [4.78, 5) is 11.1. The Morgan fingerprint density at radius 1 is 0.912 bits per heavy atom. The van der Waals surface area contributed by atoms with Crippen molar-refractivity contribution in [2.45, 2.75) is 177 Å². The lowest BCUT2D eigenvalue weighted by molar-refractivity contribution is -0.104. The number of methoxy groups -OCH3 is 1. The smallest absolute Gasteiger partial charge is 0.192 e. The number of benzene rings is 1. The first-order valence-electron chi connectivity index (χ1n) is 21.0. The molecule has 10 atom stereocenters. The van der Waals surface area contributed by atoms with Crippen LogP contribution in [0, 0.1) is 11.8 Å². The van der Waals surface area contributed by atoms with E-state index in [1.54, 1.807) is 37.5 Å². The fourth-order valence-corrected chi connectivity index (χ4v) is 11.9. The average molecular weight is 847 g/mol. The number of sulfone groups is 1. The summed E-state index contributed by atoms with van der Waals surface area (Å²) < 4.78 is 68.4. The van der Waals surface area contributed by atoms with Crippen molar-refractivity contribution >= 4 is 32.8 Å². The van der Waals surface area contributed by atoms with Crippen LogP contribution in [0.15, 0.2) is 71.7 Å². The Bertz CT molecular complexity index is 1650. The van der Waals surface area contributed by atoms with E-state index in [2.05, 4.69) is 87.8 Å². The van der Waals surface area contributed by atoms with Crippen LogP contribution in [0.25, 0.3) is 0 Å². The lowest BCUT2D eigenvalue weighted by atomic mass is 9.83. The minimum Gasteiger partial charge on any atom is -0.414 e. The Morgan fingerprint density at radius 3 is 2.16 bits per heavy atom. The number of hydrogen-bond acceptors (Lipinski definition) is 9. The molecule has 0 radical (unpaired) electrons. The summed E-state index contributed by atoms with van der Waals surface area (Å²) in [5, 5.41) is 0.00812. The number of ether oxygens (including phenoxy) is 4. The van der Waals surface area contributed by atoms with Crippen LogP contribution in [0.3, 0.4) is 0 Å². The van der Waals surface area contributed by atoms with Gasteiger partial charge in [-0.2, -0.15) is 0 Å². The van der Waals surface area contributed by atoms with E-state index in [1.165, 1.54) is 6.08 Å². The number of aldehydes is 1. The molecule has 3 fully saturated rings. The summed E-state index contributed by atoms with van der Waals surface area (Å²) in [5.74, 6) is -0.371. The monoisotopic (exact) mass is 846 g/mol. The van der Waals surface area contributed by atoms with E-state index >= 15 is 0 Å². The van der Waals surface area contributed by atoms with Crippen molar-refractivity contribution in [1.82, 2.24) is 0 Å². The highest BCUT2D eigenvalue weighted by Gasteiger charge is 2.50. The molecule has 0 N–H and O–H groups in total. The molecule has 12 heteroatoms. The summed E-state index contributed by atoms with van der Waals surface area (Å²) in [6.45, 7) is 33.8. The molecule has 0 bridgehead atoms. The molecule has 0 saturated carbocycles. The van der Waals surface area contributed by atoms with Crippen molar-refractivity contribution < 1.29 is 41.0 Å².